The number of carboxylic acids is 1. The van der Waals surface area contributed by atoms with Gasteiger partial charge in [0.2, 0.25) is 5.91 Å². The lowest BCUT2D eigenvalue weighted by atomic mass is 9.82. The molecule has 2 bridgehead atoms. The van der Waals surface area contributed by atoms with E-state index in [1.54, 1.807) is 11.4 Å². The van der Waals surface area contributed by atoms with Crippen molar-refractivity contribution in [3.05, 3.63) is 34.0 Å². The third-order valence-electron chi connectivity index (χ3n) is 4.34. The SMILES string of the molecule is Cc1cc(C(=O)NNC(=O)[C@@H]2[C@@H](C(=O)O)[C@H]3C=C[C@@H]2C3)cs1. The van der Waals surface area contributed by atoms with E-state index < -0.39 is 29.6 Å². The molecule has 0 spiro atoms. The number of carbonyl (C=O) groups excluding carboxylic acids is 2. The monoisotopic (exact) mass is 320 g/mol. The van der Waals surface area contributed by atoms with Gasteiger partial charge in [-0.25, -0.2) is 0 Å². The summed E-state index contributed by atoms with van der Waals surface area (Å²) in [6, 6.07) is 1.73. The molecule has 116 valence electrons. The van der Waals surface area contributed by atoms with Crippen molar-refractivity contribution in [2.75, 3.05) is 0 Å². The van der Waals surface area contributed by atoms with Crippen LogP contribution in [0.1, 0.15) is 21.7 Å². The van der Waals surface area contributed by atoms with Crippen LogP contribution < -0.4 is 10.9 Å². The molecule has 0 radical (unpaired) electrons. The summed E-state index contributed by atoms with van der Waals surface area (Å²) in [5, 5.41) is 11.0. The Labute approximate surface area is 131 Å². The Balaban J connectivity index is 1.63. The summed E-state index contributed by atoms with van der Waals surface area (Å²) >= 11 is 1.45. The van der Waals surface area contributed by atoms with Gasteiger partial charge in [-0.15, -0.1) is 11.3 Å². The van der Waals surface area contributed by atoms with Gasteiger partial charge in [-0.1, -0.05) is 12.2 Å². The summed E-state index contributed by atoms with van der Waals surface area (Å²) in [7, 11) is 0. The molecule has 1 aromatic rings. The Bertz CT molecular complexity index is 666. The molecule has 0 aliphatic heterocycles. The van der Waals surface area contributed by atoms with Gasteiger partial charge < -0.3 is 5.11 Å². The van der Waals surface area contributed by atoms with Crippen molar-refractivity contribution in [1.29, 1.82) is 0 Å². The molecule has 1 saturated carbocycles. The van der Waals surface area contributed by atoms with E-state index in [2.05, 4.69) is 10.9 Å². The summed E-state index contributed by atoms with van der Waals surface area (Å²) in [5.41, 5.74) is 5.21. The second-order valence-electron chi connectivity index (χ2n) is 5.73. The topological polar surface area (TPSA) is 95.5 Å². The predicted octanol–water partition coefficient (Wildman–Crippen LogP) is 1.34. The molecule has 3 N–H and O–H groups in total. The van der Waals surface area contributed by atoms with E-state index >= 15 is 0 Å². The summed E-state index contributed by atoms with van der Waals surface area (Å²) < 4.78 is 0. The van der Waals surface area contributed by atoms with Gasteiger partial charge in [0.1, 0.15) is 0 Å². The number of amides is 2. The molecule has 4 atom stereocenters. The number of nitrogens with one attached hydrogen (secondary N) is 2. The molecule has 1 fully saturated rings. The van der Waals surface area contributed by atoms with Crippen molar-refractivity contribution >= 4 is 29.1 Å². The summed E-state index contributed by atoms with van der Waals surface area (Å²) in [6.07, 6.45) is 4.46. The maximum atomic E-state index is 12.3. The lowest BCUT2D eigenvalue weighted by Gasteiger charge is -2.23. The fraction of sp³-hybridized carbons (Fsp3) is 0.400. The Morgan fingerprint density at radius 3 is 2.45 bits per heavy atom. The van der Waals surface area contributed by atoms with Gasteiger partial charge in [-0.05, 0) is 31.2 Å². The Morgan fingerprint density at radius 2 is 1.86 bits per heavy atom. The third kappa shape index (κ3) is 2.52. The van der Waals surface area contributed by atoms with Gasteiger partial charge in [-0.2, -0.15) is 0 Å². The summed E-state index contributed by atoms with van der Waals surface area (Å²) in [4.78, 5) is 36.5. The van der Waals surface area contributed by atoms with Crippen molar-refractivity contribution in [1.82, 2.24) is 10.9 Å². The number of aliphatic carboxylic acids is 1. The highest BCUT2D eigenvalue weighted by atomic mass is 32.1. The Hall–Kier alpha value is -2.15. The van der Waals surface area contributed by atoms with Crippen molar-refractivity contribution < 1.29 is 19.5 Å². The molecule has 2 aliphatic carbocycles. The minimum atomic E-state index is -0.961. The van der Waals surface area contributed by atoms with E-state index in [1.807, 2.05) is 19.1 Å². The van der Waals surface area contributed by atoms with E-state index in [-0.39, 0.29) is 11.8 Å². The average molecular weight is 320 g/mol. The quantitative estimate of drug-likeness (QED) is 0.578. The van der Waals surface area contributed by atoms with E-state index in [0.29, 0.717) is 12.0 Å². The number of thiophene rings is 1. The second kappa shape index (κ2) is 5.57. The van der Waals surface area contributed by atoms with Gasteiger partial charge in [0, 0.05) is 10.3 Å². The van der Waals surface area contributed by atoms with Crippen molar-refractivity contribution in [2.45, 2.75) is 13.3 Å². The van der Waals surface area contributed by atoms with Crippen LogP contribution in [0.5, 0.6) is 0 Å². The molecule has 22 heavy (non-hydrogen) atoms. The molecule has 7 heteroatoms. The summed E-state index contributed by atoms with van der Waals surface area (Å²) in [6.45, 7) is 1.89. The number of hydrazine groups is 1. The number of hydrogen-bond acceptors (Lipinski definition) is 4. The van der Waals surface area contributed by atoms with Crippen molar-refractivity contribution in [3.63, 3.8) is 0 Å². The molecule has 3 rings (SSSR count). The number of rotatable bonds is 3. The maximum absolute atomic E-state index is 12.3. The van der Waals surface area contributed by atoms with Gasteiger partial charge in [-0.3, -0.25) is 25.2 Å². The molecule has 6 nitrogen and oxygen atoms in total. The number of carbonyl (C=O) groups is 3. The predicted molar refractivity (Wildman–Crippen MR) is 80.0 cm³/mol. The van der Waals surface area contributed by atoms with Crippen LogP contribution in [0.25, 0.3) is 0 Å². The largest absolute Gasteiger partial charge is 0.481 e. The van der Waals surface area contributed by atoms with Crippen LogP contribution in [0.4, 0.5) is 0 Å². The number of hydrogen-bond donors (Lipinski definition) is 3. The van der Waals surface area contributed by atoms with Crippen molar-refractivity contribution in [2.24, 2.45) is 23.7 Å². The van der Waals surface area contributed by atoms with Gasteiger partial charge in [0.15, 0.2) is 0 Å². The van der Waals surface area contributed by atoms with Crippen LogP contribution in [-0.4, -0.2) is 22.9 Å². The fourth-order valence-electron chi connectivity index (χ4n) is 3.35. The Morgan fingerprint density at radius 1 is 1.18 bits per heavy atom. The standard InChI is InChI=1S/C15H16N2O4S/c1-7-4-10(6-22-7)13(18)16-17-14(19)11-8-2-3-9(5-8)12(11)15(20)21/h2-4,6,8-9,11-12H,5H2,1H3,(H,16,18)(H,17,19)(H,20,21)/t8-,9+,11+,12+/m1/s1. The highest BCUT2D eigenvalue weighted by Gasteiger charge is 2.51. The number of aryl methyl sites for hydroxylation is 1. The third-order valence-corrected chi connectivity index (χ3v) is 5.20. The first-order valence-corrected chi connectivity index (χ1v) is 7.92. The highest BCUT2D eigenvalue weighted by Crippen LogP contribution is 2.48. The van der Waals surface area contributed by atoms with Gasteiger partial charge >= 0.3 is 5.97 Å². The Kier molecular flexibility index (Phi) is 3.74. The zero-order valence-electron chi connectivity index (χ0n) is 11.9. The van der Waals surface area contributed by atoms with Crippen molar-refractivity contribution in [3.8, 4) is 0 Å². The molecular weight excluding hydrogens is 304 g/mol. The molecule has 0 saturated heterocycles. The minimum absolute atomic E-state index is 0.0635. The van der Waals surface area contributed by atoms with E-state index in [1.165, 1.54) is 11.3 Å². The van der Waals surface area contributed by atoms with Gasteiger partial charge in [0.25, 0.3) is 5.91 Å². The first kappa shape index (κ1) is 14.8. The molecule has 2 amide bonds. The number of carboxylic acid groups (broad SMARTS) is 1. The normalized spacial score (nSPS) is 28.6. The molecule has 2 aliphatic rings. The smallest absolute Gasteiger partial charge is 0.307 e. The lowest BCUT2D eigenvalue weighted by Crippen LogP contribution is -2.48. The molecular formula is C15H16N2O4S. The fourth-order valence-corrected chi connectivity index (χ4v) is 4.04. The maximum Gasteiger partial charge on any atom is 0.307 e. The van der Waals surface area contributed by atoms with Crippen LogP contribution in [0.2, 0.25) is 0 Å². The minimum Gasteiger partial charge on any atom is -0.481 e. The molecule has 1 heterocycles. The number of fused-ring (bicyclic) bond motifs is 2. The molecule has 0 aromatic carbocycles. The summed E-state index contributed by atoms with van der Waals surface area (Å²) in [5.74, 6) is -3.29. The second-order valence-corrected chi connectivity index (χ2v) is 6.84. The van der Waals surface area contributed by atoms with Gasteiger partial charge in [0.05, 0.1) is 17.4 Å². The zero-order chi connectivity index (χ0) is 15.9. The van der Waals surface area contributed by atoms with Crippen LogP contribution in [0.15, 0.2) is 23.6 Å². The number of allylic oxidation sites excluding steroid dienone is 2. The lowest BCUT2D eigenvalue weighted by molar-refractivity contribution is -0.148. The first-order valence-electron chi connectivity index (χ1n) is 7.04. The zero-order valence-corrected chi connectivity index (χ0v) is 12.7. The highest BCUT2D eigenvalue weighted by molar-refractivity contribution is 7.10. The van der Waals surface area contributed by atoms with E-state index in [0.717, 1.165) is 4.88 Å². The average Bonchev–Trinajstić information content (AvgIpc) is 3.18. The molecule has 0 unspecified atom stereocenters. The molecule has 1 aromatic heterocycles. The van der Waals surface area contributed by atoms with E-state index in [4.69, 9.17) is 0 Å². The van der Waals surface area contributed by atoms with Crippen LogP contribution in [-0.2, 0) is 9.59 Å². The van der Waals surface area contributed by atoms with Crippen LogP contribution in [0, 0.1) is 30.6 Å². The first-order chi connectivity index (χ1) is 10.5. The van der Waals surface area contributed by atoms with E-state index in [9.17, 15) is 19.5 Å². The van der Waals surface area contributed by atoms with Crippen LogP contribution >= 0.6 is 11.3 Å². The van der Waals surface area contributed by atoms with Crippen LogP contribution in [0.3, 0.4) is 0 Å².